The molecule has 136 valence electrons. The summed E-state index contributed by atoms with van der Waals surface area (Å²) >= 11 is 2.83. The lowest BCUT2D eigenvalue weighted by Gasteiger charge is -2.15. The highest BCUT2D eigenvalue weighted by Gasteiger charge is 2.22. The van der Waals surface area contributed by atoms with Gasteiger partial charge < -0.3 is 5.32 Å². The van der Waals surface area contributed by atoms with Crippen LogP contribution in [-0.4, -0.2) is 30.9 Å². The van der Waals surface area contributed by atoms with Crippen LogP contribution >= 0.6 is 23.1 Å². The number of amides is 1. The van der Waals surface area contributed by atoms with Crippen LogP contribution in [0, 0.1) is 6.92 Å². The molecule has 0 saturated heterocycles. The molecule has 0 aliphatic rings. The van der Waals surface area contributed by atoms with Crippen molar-refractivity contribution in [3.8, 4) is 11.4 Å². The normalized spacial score (nSPS) is 12.3. The summed E-state index contributed by atoms with van der Waals surface area (Å²) in [5.74, 6) is 0.718. The molecule has 0 aliphatic heterocycles. The minimum atomic E-state index is -0.315. The van der Waals surface area contributed by atoms with Gasteiger partial charge in [-0.05, 0) is 27.7 Å². The maximum Gasteiger partial charge on any atom is 0.239 e. The van der Waals surface area contributed by atoms with E-state index < -0.39 is 0 Å². The van der Waals surface area contributed by atoms with E-state index in [1.54, 1.807) is 0 Å². The van der Waals surface area contributed by atoms with Crippen molar-refractivity contribution in [3.63, 3.8) is 0 Å². The van der Waals surface area contributed by atoms with Crippen molar-refractivity contribution < 1.29 is 4.79 Å². The zero-order chi connectivity index (χ0) is 18.7. The fraction of sp³-hybridized carbons (Fsp3) is 0.333. The molecule has 3 rings (SSSR count). The largest absolute Gasteiger partial charge is 0.301 e. The Morgan fingerprint density at radius 2 is 1.92 bits per heavy atom. The third-order valence-corrected chi connectivity index (χ3v) is 5.65. The summed E-state index contributed by atoms with van der Waals surface area (Å²) in [6.45, 7) is 7.94. The average Bonchev–Trinajstić information content (AvgIpc) is 3.21. The van der Waals surface area contributed by atoms with E-state index in [1.165, 1.54) is 23.1 Å². The van der Waals surface area contributed by atoms with Crippen molar-refractivity contribution in [1.29, 1.82) is 0 Å². The van der Waals surface area contributed by atoms with Gasteiger partial charge in [-0.15, -0.1) is 21.5 Å². The molecule has 1 N–H and O–H groups in total. The molecule has 0 fully saturated rings. The molecule has 1 atom stereocenters. The predicted octanol–water partition coefficient (Wildman–Crippen LogP) is 4.41. The molecule has 0 saturated carbocycles. The van der Waals surface area contributed by atoms with Gasteiger partial charge >= 0.3 is 0 Å². The molecule has 26 heavy (non-hydrogen) atoms. The Balaban J connectivity index is 1.78. The van der Waals surface area contributed by atoms with Gasteiger partial charge in [-0.1, -0.05) is 42.1 Å². The number of carbonyl (C=O) groups excluding carboxylic acids is 1. The lowest BCUT2D eigenvalue weighted by molar-refractivity contribution is -0.115. The summed E-state index contributed by atoms with van der Waals surface area (Å²) in [6, 6.07) is 10.1. The van der Waals surface area contributed by atoms with Crippen molar-refractivity contribution in [2.45, 2.75) is 44.1 Å². The second kappa shape index (κ2) is 8.01. The Labute approximate surface area is 161 Å². The molecule has 0 spiro atoms. The van der Waals surface area contributed by atoms with Crippen LogP contribution in [0.1, 0.15) is 32.5 Å². The van der Waals surface area contributed by atoms with Gasteiger partial charge in [0.1, 0.15) is 0 Å². The number of benzene rings is 1. The smallest absolute Gasteiger partial charge is 0.239 e. The summed E-state index contributed by atoms with van der Waals surface area (Å²) in [5.41, 5.74) is 1.91. The van der Waals surface area contributed by atoms with Crippen LogP contribution in [-0.2, 0) is 4.79 Å². The van der Waals surface area contributed by atoms with Crippen molar-refractivity contribution in [1.82, 2.24) is 19.7 Å². The second-order valence-electron chi connectivity index (χ2n) is 6.18. The van der Waals surface area contributed by atoms with E-state index in [9.17, 15) is 4.79 Å². The number of thiazole rings is 1. The molecule has 0 aliphatic carbocycles. The first-order valence-electron chi connectivity index (χ1n) is 8.35. The Kier molecular flexibility index (Phi) is 5.73. The van der Waals surface area contributed by atoms with E-state index in [0.717, 1.165) is 22.2 Å². The monoisotopic (exact) mass is 387 g/mol. The molecule has 6 nitrogen and oxygen atoms in total. The van der Waals surface area contributed by atoms with Crippen LogP contribution < -0.4 is 5.32 Å². The van der Waals surface area contributed by atoms with Gasteiger partial charge in [-0.25, -0.2) is 4.98 Å². The van der Waals surface area contributed by atoms with Crippen LogP contribution in [0.5, 0.6) is 0 Å². The number of carbonyl (C=O) groups is 1. The molecule has 3 aromatic rings. The molecule has 1 aromatic carbocycles. The summed E-state index contributed by atoms with van der Waals surface area (Å²) in [7, 11) is 0. The first-order valence-corrected chi connectivity index (χ1v) is 10.1. The van der Waals surface area contributed by atoms with Gasteiger partial charge in [0, 0.05) is 17.0 Å². The van der Waals surface area contributed by atoms with Gasteiger partial charge in [0.05, 0.1) is 10.9 Å². The fourth-order valence-electron chi connectivity index (χ4n) is 2.44. The van der Waals surface area contributed by atoms with E-state index in [-0.39, 0.29) is 17.2 Å². The van der Waals surface area contributed by atoms with Gasteiger partial charge in [-0.2, -0.15) is 0 Å². The third kappa shape index (κ3) is 4.13. The van der Waals surface area contributed by atoms with E-state index in [0.29, 0.717) is 5.13 Å². The van der Waals surface area contributed by atoms with Gasteiger partial charge in [0.25, 0.3) is 0 Å². The number of aryl methyl sites for hydroxylation is 1. The lowest BCUT2D eigenvalue weighted by atomic mass is 10.2. The zero-order valence-corrected chi connectivity index (χ0v) is 16.8. The second-order valence-corrected chi connectivity index (χ2v) is 8.35. The van der Waals surface area contributed by atoms with E-state index in [1.807, 2.05) is 49.6 Å². The quantitative estimate of drug-likeness (QED) is 0.634. The Hall–Kier alpha value is -2.19. The number of aromatic nitrogens is 4. The third-order valence-electron chi connectivity index (χ3n) is 3.71. The van der Waals surface area contributed by atoms with Crippen molar-refractivity contribution in [2.75, 3.05) is 5.32 Å². The maximum absolute atomic E-state index is 12.5. The summed E-state index contributed by atoms with van der Waals surface area (Å²) in [6.07, 6.45) is 0. The van der Waals surface area contributed by atoms with Gasteiger partial charge in [0.2, 0.25) is 5.91 Å². The topological polar surface area (TPSA) is 72.7 Å². The number of hydrogen-bond acceptors (Lipinski definition) is 6. The van der Waals surface area contributed by atoms with Gasteiger partial charge in [0.15, 0.2) is 16.1 Å². The Morgan fingerprint density at radius 1 is 1.19 bits per heavy atom. The first kappa shape index (κ1) is 18.6. The minimum Gasteiger partial charge on any atom is -0.301 e. The van der Waals surface area contributed by atoms with E-state index in [4.69, 9.17) is 0 Å². The number of anilines is 1. The van der Waals surface area contributed by atoms with Crippen LogP contribution in [0.25, 0.3) is 11.4 Å². The standard InChI is InChI=1S/C18H21N5OS2/c1-11(2)23-15(14-8-6-5-7-9-14)21-22-18(23)26-13(4)16(24)20-17-19-12(3)10-25-17/h5-11,13H,1-4H3,(H,19,20,24)/t13-/m1/s1. The summed E-state index contributed by atoms with van der Waals surface area (Å²) < 4.78 is 2.07. The number of nitrogens with zero attached hydrogens (tertiary/aromatic N) is 4. The van der Waals surface area contributed by atoms with Crippen molar-refractivity contribution in [3.05, 3.63) is 41.4 Å². The number of nitrogens with one attached hydrogen (secondary N) is 1. The highest BCUT2D eigenvalue weighted by molar-refractivity contribution is 8.00. The molecule has 0 bridgehead atoms. The molecule has 2 heterocycles. The molecule has 8 heteroatoms. The molecular formula is C18H21N5OS2. The zero-order valence-electron chi connectivity index (χ0n) is 15.1. The summed E-state index contributed by atoms with van der Waals surface area (Å²) in [5, 5.41) is 14.5. The van der Waals surface area contributed by atoms with Crippen LogP contribution in [0.3, 0.4) is 0 Å². The van der Waals surface area contributed by atoms with Crippen LogP contribution in [0.15, 0.2) is 40.9 Å². The summed E-state index contributed by atoms with van der Waals surface area (Å²) in [4.78, 5) is 16.7. The highest BCUT2D eigenvalue weighted by Crippen LogP contribution is 2.30. The fourth-order valence-corrected chi connectivity index (χ4v) is 4.11. The molecule has 0 unspecified atom stereocenters. The SMILES string of the molecule is Cc1csc(NC(=O)[C@@H](C)Sc2nnc(-c3ccccc3)n2C(C)C)n1. The number of thioether (sulfide) groups is 1. The molecule has 1 amide bonds. The maximum atomic E-state index is 12.5. The molecular weight excluding hydrogens is 366 g/mol. The lowest BCUT2D eigenvalue weighted by Crippen LogP contribution is -2.23. The van der Waals surface area contributed by atoms with E-state index in [2.05, 4.69) is 38.9 Å². The van der Waals surface area contributed by atoms with Crippen molar-refractivity contribution in [2.24, 2.45) is 0 Å². The van der Waals surface area contributed by atoms with Crippen LogP contribution in [0.4, 0.5) is 5.13 Å². The Bertz CT molecular complexity index is 888. The molecule has 2 aromatic heterocycles. The van der Waals surface area contributed by atoms with E-state index >= 15 is 0 Å². The predicted molar refractivity (Wildman–Crippen MR) is 107 cm³/mol. The van der Waals surface area contributed by atoms with Crippen LogP contribution in [0.2, 0.25) is 0 Å². The number of hydrogen-bond donors (Lipinski definition) is 1. The number of rotatable bonds is 6. The minimum absolute atomic E-state index is 0.0936. The highest BCUT2D eigenvalue weighted by atomic mass is 32.2. The van der Waals surface area contributed by atoms with Crippen molar-refractivity contribution >= 4 is 34.1 Å². The Morgan fingerprint density at radius 3 is 2.54 bits per heavy atom. The van der Waals surface area contributed by atoms with Gasteiger partial charge in [-0.3, -0.25) is 9.36 Å². The average molecular weight is 388 g/mol. The first-order chi connectivity index (χ1) is 12.5. The molecule has 0 radical (unpaired) electrons.